The van der Waals surface area contributed by atoms with E-state index in [1.54, 1.807) is 32.2 Å². The number of nitrogens with zero attached hydrogens (tertiary/aromatic N) is 4. The summed E-state index contributed by atoms with van der Waals surface area (Å²) in [6.45, 7) is 2.09. The van der Waals surface area contributed by atoms with Gasteiger partial charge in [0, 0.05) is 36.1 Å². The second kappa shape index (κ2) is 7.80. The number of ether oxygens (including phenoxy) is 1. The molecule has 0 atom stereocenters. The number of methoxy groups -OCH3 is 1. The van der Waals surface area contributed by atoms with Crippen LogP contribution in [0.3, 0.4) is 0 Å². The molecule has 0 bridgehead atoms. The van der Waals surface area contributed by atoms with Crippen molar-refractivity contribution >= 4 is 17.7 Å². The highest BCUT2D eigenvalue weighted by Crippen LogP contribution is 2.19. The molecular weight excluding hydrogens is 310 g/mol. The quantitative estimate of drug-likeness (QED) is 0.496. The molecule has 24 heavy (non-hydrogen) atoms. The minimum Gasteiger partial charge on any atom is -0.380 e. The number of pyridine rings is 1. The SMILES string of the molecule is COCc1cc(C)nc(N/N=C\c2cccc([N+](=O)[O-])c2)c1C#N. The van der Waals surface area contributed by atoms with E-state index in [1.165, 1.54) is 18.3 Å². The van der Waals surface area contributed by atoms with E-state index < -0.39 is 4.92 Å². The number of hydrogen-bond donors (Lipinski definition) is 1. The predicted octanol–water partition coefficient (Wildman–Crippen LogP) is 2.76. The molecule has 2 rings (SSSR count). The average Bonchev–Trinajstić information content (AvgIpc) is 2.55. The molecule has 8 nitrogen and oxygen atoms in total. The zero-order valence-corrected chi connectivity index (χ0v) is 13.2. The topological polar surface area (TPSA) is 113 Å². The van der Waals surface area contributed by atoms with Gasteiger partial charge in [0.2, 0.25) is 0 Å². The first kappa shape index (κ1) is 17.1. The van der Waals surface area contributed by atoms with Gasteiger partial charge in [-0.2, -0.15) is 10.4 Å². The Labute approximate surface area is 138 Å². The molecule has 0 radical (unpaired) electrons. The van der Waals surface area contributed by atoms with Crippen LogP contribution in [0.1, 0.15) is 22.4 Å². The average molecular weight is 325 g/mol. The van der Waals surface area contributed by atoms with Crippen LogP contribution < -0.4 is 5.43 Å². The third-order valence-electron chi connectivity index (χ3n) is 3.11. The van der Waals surface area contributed by atoms with E-state index >= 15 is 0 Å². The first-order chi connectivity index (χ1) is 11.5. The molecule has 1 aromatic heterocycles. The van der Waals surface area contributed by atoms with Crippen molar-refractivity contribution in [1.29, 1.82) is 5.26 Å². The number of nitrogens with one attached hydrogen (secondary N) is 1. The second-order valence-corrected chi connectivity index (χ2v) is 4.91. The number of rotatable bonds is 6. The van der Waals surface area contributed by atoms with Gasteiger partial charge in [-0.05, 0) is 13.0 Å². The number of nitro benzene ring substituents is 1. The molecule has 1 N–H and O–H groups in total. The van der Waals surface area contributed by atoms with E-state index in [4.69, 9.17) is 4.74 Å². The molecule has 2 aromatic rings. The number of aryl methyl sites for hydroxylation is 1. The van der Waals surface area contributed by atoms with Gasteiger partial charge in [0.1, 0.15) is 11.6 Å². The standard InChI is InChI=1S/C16H15N5O3/c1-11-6-13(10-24-2)15(8-17)16(19-11)20-18-9-12-4-3-5-14(7-12)21(22)23/h3-7,9H,10H2,1-2H3,(H,19,20)/b18-9-. The van der Waals surface area contributed by atoms with Gasteiger partial charge in [0.05, 0.1) is 17.7 Å². The maximum atomic E-state index is 10.8. The Morgan fingerprint density at radius 3 is 2.96 bits per heavy atom. The summed E-state index contributed by atoms with van der Waals surface area (Å²) in [5.41, 5.74) is 5.02. The molecule has 0 saturated heterocycles. The predicted molar refractivity (Wildman–Crippen MR) is 88.7 cm³/mol. The molecule has 0 saturated carbocycles. The highest BCUT2D eigenvalue weighted by molar-refractivity contribution is 5.81. The lowest BCUT2D eigenvalue weighted by atomic mass is 10.1. The fraction of sp³-hybridized carbons (Fsp3) is 0.188. The van der Waals surface area contributed by atoms with E-state index in [0.717, 1.165) is 0 Å². The van der Waals surface area contributed by atoms with Crippen LogP contribution >= 0.6 is 0 Å². The van der Waals surface area contributed by atoms with Gasteiger partial charge in [-0.25, -0.2) is 4.98 Å². The summed E-state index contributed by atoms with van der Waals surface area (Å²) in [6, 6.07) is 9.91. The van der Waals surface area contributed by atoms with Crippen LogP contribution in [0.15, 0.2) is 35.4 Å². The minimum atomic E-state index is -0.475. The van der Waals surface area contributed by atoms with Gasteiger partial charge in [0.25, 0.3) is 5.69 Å². The van der Waals surface area contributed by atoms with Crippen molar-refractivity contribution < 1.29 is 9.66 Å². The lowest BCUT2D eigenvalue weighted by molar-refractivity contribution is -0.384. The molecular formula is C16H15N5O3. The van der Waals surface area contributed by atoms with Crippen LogP contribution in [-0.4, -0.2) is 23.2 Å². The number of anilines is 1. The lowest BCUT2D eigenvalue weighted by Crippen LogP contribution is -2.03. The molecule has 1 aromatic carbocycles. The zero-order valence-electron chi connectivity index (χ0n) is 13.2. The van der Waals surface area contributed by atoms with Crippen LogP contribution in [0.5, 0.6) is 0 Å². The fourth-order valence-corrected chi connectivity index (χ4v) is 2.10. The number of aromatic nitrogens is 1. The van der Waals surface area contributed by atoms with Crippen molar-refractivity contribution in [3.05, 3.63) is 62.8 Å². The Morgan fingerprint density at radius 1 is 1.50 bits per heavy atom. The summed E-state index contributed by atoms with van der Waals surface area (Å²) in [6.07, 6.45) is 1.42. The van der Waals surface area contributed by atoms with E-state index in [0.29, 0.717) is 28.2 Å². The monoisotopic (exact) mass is 325 g/mol. The molecule has 0 aliphatic rings. The maximum Gasteiger partial charge on any atom is 0.270 e. The van der Waals surface area contributed by atoms with Gasteiger partial charge in [-0.1, -0.05) is 12.1 Å². The summed E-state index contributed by atoms with van der Waals surface area (Å²) in [4.78, 5) is 14.5. The van der Waals surface area contributed by atoms with Crippen molar-refractivity contribution in [2.75, 3.05) is 12.5 Å². The fourth-order valence-electron chi connectivity index (χ4n) is 2.10. The highest BCUT2D eigenvalue weighted by atomic mass is 16.6. The van der Waals surface area contributed by atoms with E-state index in [1.807, 2.05) is 0 Å². The van der Waals surface area contributed by atoms with Crippen LogP contribution in [0.4, 0.5) is 11.5 Å². The number of hydrogen-bond acceptors (Lipinski definition) is 7. The zero-order chi connectivity index (χ0) is 17.5. The molecule has 0 spiro atoms. The lowest BCUT2D eigenvalue weighted by Gasteiger charge is -2.09. The molecule has 122 valence electrons. The Bertz CT molecular complexity index is 827. The molecule has 0 aliphatic heterocycles. The number of nitro groups is 1. The van der Waals surface area contributed by atoms with Crippen molar-refractivity contribution in [3.8, 4) is 6.07 Å². The van der Waals surface area contributed by atoms with Crippen molar-refractivity contribution in [2.24, 2.45) is 5.10 Å². The second-order valence-electron chi connectivity index (χ2n) is 4.91. The van der Waals surface area contributed by atoms with Crippen LogP contribution in [0.2, 0.25) is 0 Å². The highest BCUT2D eigenvalue weighted by Gasteiger charge is 2.11. The van der Waals surface area contributed by atoms with Gasteiger partial charge >= 0.3 is 0 Å². The van der Waals surface area contributed by atoms with Gasteiger partial charge in [-0.3, -0.25) is 15.5 Å². The Balaban J connectivity index is 2.24. The number of benzene rings is 1. The molecule has 0 amide bonds. The van der Waals surface area contributed by atoms with Gasteiger partial charge in [0.15, 0.2) is 5.82 Å². The van der Waals surface area contributed by atoms with Gasteiger partial charge < -0.3 is 4.74 Å². The van der Waals surface area contributed by atoms with Crippen LogP contribution in [0, 0.1) is 28.4 Å². The first-order valence-corrected chi connectivity index (χ1v) is 6.98. The summed E-state index contributed by atoms with van der Waals surface area (Å²) < 4.78 is 5.08. The Morgan fingerprint density at radius 2 is 2.29 bits per heavy atom. The minimum absolute atomic E-state index is 0.0206. The molecule has 0 unspecified atom stereocenters. The van der Waals surface area contributed by atoms with E-state index in [2.05, 4.69) is 21.6 Å². The maximum absolute atomic E-state index is 10.8. The normalized spacial score (nSPS) is 10.5. The van der Waals surface area contributed by atoms with Crippen molar-refractivity contribution in [3.63, 3.8) is 0 Å². The summed E-state index contributed by atoms with van der Waals surface area (Å²) >= 11 is 0. The van der Waals surface area contributed by atoms with E-state index in [-0.39, 0.29) is 12.3 Å². The largest absolute Gasteiger partial charge is 0.380 e. The van der Waals surface area contributed by atoms with Crippen LogP contribution in [-0.2, 0) is 11.3 Å². The van der Waals surface area contributed by atoms with Crippen molar-refractivity contribution in [2.45, 2.75) is 13.5 Å². The van der Waals surface area contributed by atoms with Crippen molar-refractivity contribution in [1.82, 2.24) is 4.98 Å². The third-order valence-corrected chi connectivity index (χ3v) is 3.11. The summed E-state index contributed by atoms with van der Waals surface area (Å²) in [5.74, 6) is 0.311. The summed E-state index contributed by atoms with van der Waals surface area (Å²) in [5, 5.41) is 24.1. The van der Waals surface area contributed by atoms with E-state index in [9.17, 15) is 15.4 Å². The molecule has 0 fully saturated rings. The summed E-state index contributed by atoms with van der Waals surface area (Å²) in [7, 11) is 1.55. The van der Waals surface area contributed by atoms with Crippen LogP contribution in [0.25, 0.3) is 0 Å². The number of hydrazone groups is 1. The molecule has 1 heterocycles. The number of non-ortho nitro benzene ring substituents is 1. The first-order valence-electron chi connectivity index (χ1n) is 6.98. The molecule has 8 heteroatoms. The molecule has 0 aliphatic carbocycles. The Kier molecular flexibility index (Phi) is 5.54. The number of nitriles is 1. The van der Waals surface area contributed by atoms with Gasteiger partial charge in [-0.15, -0.1) is 0 Å². The Hall–Kier alpha value is -3.31. The smallest absolute Gasteiger partial charge is 0.270 e. The third kappa shape index (κ3) is 4.12.